The third-order valence-corrected chi connectivity index (χ3v) is 6.07. The first-order valence-electron chi connectivity index (χ1n) is 9.20. The molecule has 0 amide bonds. The van der Waals surface area contributed by atoms with Crippen LogP contribution in [0.2, 0.25) is 0 Å². The Kier molecular flexibility index (Phi) is 5.80. The highest BCUT2D eigenvalue weighted by molar-refractivity contribution is 7.11. The molecule has 2 aromatic rings. The summed E-state index contributed by atoms with van der Waals surface area (Å²) in [7, 11) is 0. The number of allylic oxidation sites excluding steroid dienone is 4. The Labute approximate surface area is 170 Å². The van der Waals surface area contributed by atoms with Crippen LogP contribution in [-0.4, -0.2) is 9.55 Å². The molecule has 0 N–H and O–H groups in total. The molecule has 1 unspecified atom stereocenters. The van der Waals surface area contributed by atoms with Crippen molar-refractivity contribution in [1.29, 1.82) is 5.26 Å². The molecule has 0 spiro atoms. The average molecular weight is 419 g/mol. The van der Waals surface area contributed by atoms with Gasteiger partial charge < -0.3 is 4.57 Å². The molecule has 1 atom stereocenters. The van der Waals surface area contributed by atoms with Gasteiger partial charge in [0, 0.05) is 16.5 Å². The van der Waals surface area contributed by atoms with Crippen LogP contribution >= 0.6 is 11.3 Å². The van der Waals surface area contributed by atoms with Crippen molar-refractivity contribution in [3.8, 4) is 6.07 Å². The van der Waals surface area contributed by atoms with Gasteiger partial charge >= 0.3 is 6.18 Å². The van der Waals surface area contributed by atoms with E-state index in [0.29, 0.717) is 12.1 Å². The van der Waals surface area contributed by atoms with Crippen molar-refractivity contribution in [1.82, 2.24) is 9.55 Å². The first-order chi connectivity index (χ1) is 13.7. The summed E-state index contributed by atoms with van der Waals surface area (Å²) in [6, 6.07) is 2.42. The Bertz CT molecular complexity index is 1100. The van der Waals surface area contributed by atoms with E-state index in [1.807, 2.05) is 39.0 Å². The van der Waals surface area contributed by atoms with Crippen LogP contribution in [0.5, 0.6) is 0 Å². The summed E-state index contributed by atoms with van der Waals surface area (Å²) in [6.07, 6.45) is 2.06. The molecule has 1 aliphatic rings. The second kappa shape index (κ2) is 7.99. The summed E-state index contributed by atoms with van der Waals surface area (Å²) in [6.45, 7) is 5.74. The fourth-order valence-electron chi connectivity index (χ4n) is 3.45. The zero-order valence-corrected chi connectivity index (χ0v) is 17.1. The van der Waals surface area contributed by atoms with E-state index >= 15 is 0 Å². The minimum Gasteiger partial charge on any atom is -0.305 e. The number of aromatic nitrogens is 2. The maximum atomic E-state index is 13.6. The predicted octanol–water partition coefficient (Wildman–Crippen LogP) is 5.10. The van der Waals surface area contributed by atoms with Gasteiger partial charge in [0.25, 0.3) is 5.56 Å². The first-order valence-corrected chi connectivity index (χ1v) is 10.0. The van der Waals surface area contributed by atoms with E-state index in [1.165, 1.54) is 22.0 Å². The van der Waals surface area contributed by atoms with Crippen LogP contribution in [0.1, 0.15) is 58.6 Å². The summed E-state index contributed by atoms with van der Waals surface area (Å²) in [5, 5.41) is 10.2. The van der Waals surface area contributed by atoms with E-state index in [0.717, 1.165) is 27.9 Å². The SMILES string of the molecule is CCc1nc(Cn2c(C3C=C(C)C=CC3)cc(C(F)(F)F)c(C#N)c2=O)c(C)s1. The number of pyridine rings is 1. The third kappa shape index (κ3) is 4.20. The lowest BCUT2D eigenvalue weighted by Gasteiger charge is -2.23. The van der Waals surface area contributed by atoms with Gasteiger partial charge in [-0.15, -0.1) is 11.3 Å². The highest BCUT2D eigenvalue weighted by atomic mass is 32.1. The van der Waals surface area contributed by atoms with E-state index in [9.17, 15) is 23.2 Å². The van der Waals surface area contributed by atoms with E-state index < -0.39 is 22.9 Å². The van der Waals surface area contributed by atoms with Gasteiger partial charge in [-0.2, -0.15) is 18.4 Å². The van der Waals surface area contributed by atoms with Crippen molar-refractivity contribution in [2.75, 3.05) is 0 Å². The van der Waals surface area contributed by atoms with Gasteiger partial charge in [-0.3, -0.25) is 4.79 Å². The summed E-state index contributed by atoms with van der Waals surface area (Å²) < 4.78 is 42.0. The van der Waals surface area contributed by atoms with Gasteiger partial charge in [0.05, 0.1) is 22.8 Å². The highest BCUT2D eigenvalue weighted by Crippen LogP contribution is 2.35. The van der Waals surface area contributed by atoms with Crippen LogP contribution in [0.4, 0.5) is 13.2 Å². The second-order valence-corrected chi connectivity index (χ2v) is 8.27. The van der Waals surface area contributed by atoms with Gasteiger partial charge in [-0.05, 0) is 32.8 Å². The smallest absolute Gasteiger partial charge is 0.305 e. The van der Waals surface area contributed by atoms with Crippen molar-refractivity contribution in [3.05, 3.63) is 72.6 Å². The molecule has 0 saturated carbocycles. The molecular formula is C21H20F3N3OS. The fraction of sp³-hybridized carbons (Fsp3) is 0.381. The van der Waals surface area contributed by atoms with Gasteiger partial charge in [0.2, 0.25) is 0 Å². The Balaban J connectivity index is 2.24. The molecule has 3 rings (SSSR count). The normalized spacial score (nSPS) is 16.6. The Hall–Kier alpha value is -2.66. The molecule has 2 aromatic heterocycles. The maximum Gasteiger partial charge on any atom is 0.417 e. The fourth-order valence-corrected chi connectivity index (χ4v) is 4.33. The van der Waals surface area contributed by atoms with Crippen LogP contribution in [0.25, 0.3) is 0 Å². The van der Waals surface area contributed by atoms with Crippen molar-refractivity contribution in [2.45, 2.75) is 52.3 Å². The molecule has 0 radical (unpaired) electrons. The number of aryl methyl sites for hydroxylation is 2. The minimum atomic E-state index is -4.78. The van der Waals surface area contributed by atoms with Gasteiger partial charge in [-0.1, -0.05) is 30.7 Å². The van der Waals surface area contributed by atoms with Crippen LogP contribution in [0, 0.1) is 18.3 Å². The van der Waals surface area contributed by atoms with Crippen molar-refractivity contribution in [2.24, 2.45) is 0 Å². The zero-order valence-electron chi connectivity index (χ0n) is 16.3. The maximum absolute atomic E-state index is 13.6. The Morgan fingerprint density at radius 1 is 1.38 bits per heavy atom. The molecule has 29 heavy (non-hydrogen) atoms. The number of alkyl halides is 3. The summed E-state index contributed by atoms with van der Waals surface area (Å²) in [4.78, 5) is 18.4. The largest absolute Gasteiger partial charge is 0.417 e. The standard InChI is InChI=1S/C21H20F3N3OS/c1-4-19-26-17(13(3)29-19)11-27-18(14-7-5-6-12(2)8-14)9-16(21(22,23)24)15(10-25)20(27)28/h5-6,8-9,14H,4,7,11H2,1-3H3. The molecule has 152 valence electrons. The van der Waals surface area contributed by atoms with E-state index in [4.69, 9.17) is 0 Å². The topological polar surface area (TPSA) is 58.7 Å². The second-order valence-electron chi connectivity index (χ2n) is 6.98. The monoisotopic (exact) mass is 419 g/mol. The van der Waals surface area contributed by atoms with Gasteiger partial charge in [0.1, 0.15) is 11.6 Å². The third-order valence-electron chi connectivity index (χ3n) is 4.91. The summed E-state index contributed by atoms with van der Waals surface area (Å²) in [5.41, 5.74) is -1.18. The molecule has 2 heterocycles. The summed E-state index contributed by atoms with van der Waals surface area (Å²) >= 11 is 1.50. The minimum absolute atomic E-state index is 0.0381. The van der Waals surface area contributed by atoms with Crippen LogP contribution in [0.3, 0.4) is 0 Å². The number of rotatable bonds is 4. The van der Waals surface area contributed by atoms with Gasteiger partial charge in [-0.25, -0.2) is 4.98 Å². The van der Waals surface area contributed by atoms with E-state index in [2.05, 4.69) is 4.98 Å². The lowest BCUT2D eigenvalue weighted by molar-refractivity contribution is -0.138. The summed E-state index contributed by atoms with van der Waals surface area (Å²) in [5.74, 6) is -0.383. The lowest BCUT2D eigenvalue weighted by atomic mass is 9.91. The number of hydrogen-bond acceptors (Lipinski definition) is 4. The van der Waals surface area contributed by atoms with Gasteiger partial charge in [0.15, 0.2) is 0 Å². The quantitative estimate of drug-likeness (QED) is 0.692. The molecule has 1 aliphatic carbocycles. The lowest BCUT2D eigenvalue weighted by Crippen LogP contribution is -2.31. The molecule has 0 aliphatic heterocycles. The van der Waals surface area contributed by atoms with E-state index in [-0.39, 0.29) is 18.2 Å². The molecule has 8 heteroatoms. The molecular weight excluding hydrogens is 399 g/mol. The number of nitrogens with zero attached hydrogens (tertiary/aromatic N) is 3. The van der Waals surface area contributed by atoms with Crippen molar-refractivity contribution in [3.63, 3.8) is 0 Å². The molecule has 0 saturated heterocycles. The number of hydrogen-bond donors (Lipinski definition) is 0. The Morgan fingerprint density at radius 2 is 2.10 bits per heavy atom. The predicted molar refractivity (Wildman–Crippen MR) is 106 cm³/mol. The number of nitriles is 1. The first kappa shape index (κ1) is 21.1. The zero-order chi connectivity index (χ0) is 21.3. The van der Waals surface area contributed by atoms with Crippen LogP contribution in [0.15, 0.2) is 34.7 Å². The number of thiazole rings is 1. The van der Waals surface area contributed by atoms with Crippen LogP contribution < -0.4 is 5.56 Å². The van der Waals surface area contributed by atoms with E-state index in [1.54, 1.807) is 0 Å². The van der Waals surface area contributed by atoms with Crippen molar-refractivity contribution >= 4 is 11.3 Å². The Morgan fingerprint density at radius 3 is 2.66 bits per heavy atom. The number of halogens is 3. The highest BCUT2D eigenvalue weighted by Gasteiger charge is 2.37. The molecule has 4 nitrogen and oxygen atoms in total. The average Bonchev–Trinajstić information content (AvgIpc) is 3.02. The van der Waals surface area contributed by atoms with Crippen molar-refractivity contribution < 1.29 is 13.2 Å². The molecule has 0 fully saturated rings. The molecule has 0 aromatic carbocycles. The molecule has 0 bridgehead atoms. The van der Waals surface area contributed by atoms with Crippen LogP contribution in [-0.2, 0) is 19.1 Å².